The third-order valence-corrected chi connectivity index (χ3v) is 5.54. The number of pyridine rings is 3. The summed E-state index contributed by atoms with van der Waals surface area (Å²) < 4.78 is 79.8. The van der Waals surface area contributed by atoms with Gasteiger partial charge in [0.1, 0.15) is 5.69 Å². The van der Waals surface area contributed by atoms with E-state index in [0.29, 0.717) is 32.9 Å². The van der Waals surface area contributed by atoms with Crippen LogP contribution in [-0.2, 0) is 12.4 Å². The average Bonchev–Trinajstić information content (AvgIpc) is 2.82. The van der Waals surface area contributed by atoms with Crippen LogP contribution in [0.25, 0.3) is 38.6 Å². The van der Waals surface area contributed by atoms with Crippen molar-refractivity contribution in [2.45, 2.75) is 12.4 Å². The lowest BCUT2D eigenvalue weighted by molar-refractivity contribution is -0.141. The molecule has 35 heavy (non-hydrogen) atoms. The van der Waals surface area contributed by atoms with Gasteiger partial charge in [-0.1, -0.05) is 18.2 Å². The van der Waals surface area contributed by atoms with Gasteiger partial charge in [0.05, 0.1) is 16.6 Å². The summed E-state index contributed by atoms with van der Waals surface area (Å²) in [5.41, 5.74) is -0.812. The van der Waals surface area contributed by atoms with E-state index in [1.807, 2.05) is 0 Å². The quantitative estimate of drug-likeness (QED) is 0.208. The minimum atomic E-state index is -4.60. The second-order valence-corrected chi connectivity index (χ2v) is 7.78. The highest BCUT2D eigenvalue weighted by atomic mass is 19.4. The molecular formula is C25H13F6N3O. The first kappa shape index (κ1) is 22.6. The van der Waals surface area contributed by atoms with Crippen molar-refractivity contribution >= 4 is 21.8 Å². The van der Waals surface area contributed by atoms with Gasteiger partial charge in [-0.2, -0.15) is 26.3 Å². The molecule has 10 heteroatoms. The van der Waals surface area contributed by atoms with Gasteiger partial charge in [-0.15, -0.1) is 0 Å². The van der Waals surface area contributed by atoms with E-state index in [9.17, 15) is 31.1 Å². The Morgan fingerprint density at radius 3 is 2.17 bits per heavy atom. The smallest absolute Gasteiger partial charge is 0.276 e. The van der Waals surface area contributed by atoms with Crippen molar-refractivity contribution in [1.82, 2.24) is 14.5 Å². The minimum absolute atomic E-state index is 0.0181. The summed E-state index contributed by atoms with van der Waals surface area (Å²) in [4.78, 5) is 20.7. The predicted molar refractivity (Wildman–Crippen MR) is 118 cm³/mol. The van der Waals surface area contributed by atoms with Crippen molar-refractivity contribution < 1.29 is 26.3 Å². The van der Waals surface area contributed by atoms with Gasteiger partial charge in [-0.25, -0.2) is 0 Å². The van der Waals surface area contributed by atoms with Crippen LogP contribution in [0.2, 0.25) is 0 Å². The normalized spacial score (nSPS) is 12.4. The number of aromatic nitrogens is 3. The van der Waals surface area contributed by atoms with E-state index in [2.05, 4.69) is 9.97 Å². The number of halogens is 6. The van der Waals surface area contributed by atoms with Crippen molar-refractivity contribution in [2.24, 2.45) is 0 Å². The molecule has 0 aliphatic rings. The molecule has 0 atom stereocenters. The first-order chi connectivity index (χ1) is 16.5. The third kappa shape index (κ3) is 4.11. The molecule has 3 heterocycles. The molecule has 0 N–H and O–H groups in total. The summed E-state index contributed by atoms with van der Waals surface area (Å²) in [6.45, 7) is 0. The van der Waals surface area contributed by atoms with Gasteiger partial charge in [-0.05, 0) is 48.0 Å². The second-order valence-electron chi connectivity index (χ2n) is 7.78. The molecule has 0 aliphatic heterocycles. The Bertz CT molecular complexity index is 1640. The number of alkyl halides is 6. The summed E-state index contributed by atoms with van der Waals surface area (Å²) in [6, 6.07) is 14.2. The molecule has 4 nitrogen and oxygen atoms in total. The second kappa shape index (κ2) is 7.93. The highest BCUT2D eigenvalue weighted by molar-refractivity contribution is 6.05. The summed E-state index contributed by atoms with van der Waals surface area (Å²) in [5, 5.41) is 0.937. The Balaban J connectivity index is 1.76. The molecule has 0 radical (unpaired) electrons. The summed E-state index contributed by atoms with van der Waals surface area (Å²) in [6.07, 6.45) is -6.59. The maximum atomic E-state index is 13.3. The molecule has 5 aromatic rings. The molecule has 0 aliphatic carbocycles. The Hall–Kier alpha value is -4.21. The van der Waals surface area contributed by atoms with E-state index >= 15 is 0 Å². The zero-order chi connectivity index (χ0) is 25.0. The third-order valence-electron chi connectivity index (χ3n) is 5.54. The summed E-state index contributed by atoms with van der Waals surface area (Å²) in [5.74, 6) is 0. The van der Waals surface area contributed by atoms with E-state index in [0.717, 1.165) is 24.4 Å². The lowest BCUT2D eigenvalue weighted by Gasteiger charge is -2.15. The first-order valence-corrected chi connectivity index (χ1v) is 10.2. The first-order valence-electron chi connectivity index (χ1n) is 10.2. The van der Waals surface area contributed by atoms with Crippen LogP contribution in [0.1, 0.15) is 11.3 Å². The van der Waals surface area contributed by atoms with Crippen molar-refractivity contribution in [3.8, 4) is 16.8 Å². The molecule has 3 aromatic heterocycles. The Labute approximate surface area is 193 Å². The maximum Gasteiger partial charge on any atom is 0.433 e. The lowest BCUT2D eigenvalue weighted by Crippen LogP contribution is -2.18. The van der Waals surface area contributed by atoms with Crippen molar-refractivity contribution in [2.75, 3.05) is 0 Å². The molecule has 0 unspecified atom stereocenters. The van der Waals surface area contributed by atoms with E-state index < -0.39 is 29.2 Å². The van der Waals surface area contributed by atoms with Crippen LogP contribution in [0.3, 0.4) is 0 Å². The average molecular weight is 485 g/mol. The van der Waals surface area contributed by atoms with Gasteiger partial charge < -0.3 is 0 Å². The SMILES string of the molecule is O=c1ccc2cnc3ccc(-c4ccc(C(F)(F)F)nc4)cc3c2n1-c1cccc(C(F)(F)F)c1. The van der Waals surface area contributed by atoms with Crippen LogP contribution in [0.5, 0.6) is 0 Å². The minimum Gasteiger partial charge on any atom is -0.276 e. The lowest BCUT2D eigenvalue weighted by atomic mass is 10.0. The van der Waals surface area contributed by atoms with Gasteiger partial charge in [0.25, 0.3) is 5.56 Å². The standard InChI is InChI=1S/C25H13F6N3O/c26-24(27,28)17-2-1-3-18(11-17)34-22(35)9-6-16-13-32-20-7-4-14(10-19(20)23(16)34)15-5-8-21(33-12-15)25(29,30)31/h1-13H. The predicted octanol–water partition coefficient (Wildman–Crippen LogP) is 6.64. The van der Waals surface area contributed by atoms with E-state index in [4.69, 9.17) is 0 Å². The molecule has 0 spiro atoms. The van der Waals surface area contributed by atoms with Crippen LogP contribution in [0, 0.1) is 0 Å². The number of hydrogen-bond acceptors (Lipinski definition) is 3. The molecule has 0 bridgehead atoms. The Kier molecular flexibility index (Phi) is 5.12. The number of benzene rings is 2. The molecular weight excluding hydrogens is 472 g/mol. The molecule has 0 saturated carbocycles. The van der Waals surface area contributed by atoms with Gasteiger partial charge in [-0.3, -0.25) is 19.3 Å². The number of rotatable bonds is 2. The fourth-order valence-corrected chi connectivity index (χ4v) is 3.90. The van der Waals surface area contributed by atoms with Crippen LogP contribution >= 0.6 is 0 Å². The Morgan fingerprint density at radius 2 is 1.49 bits per heavy atom. The van der Waals surface area contributed by atoms with Crippen LogP contribution in [-0.4, -0.2) is 14.5 Å². The topological polar surface area (TPSA) is 47.8 Å². The van der Waals surface area contributed by atoms with E-state index in [1.165, 1.54) is 41.1 Å². The largest absolute Gasteiger partial charge is 0.433 e. The highest BCUT2D eigenvalue weighted by Gasteiger charge is 2.32. The molecule has 2 aromatic carbocycles. The molecule has 0 fully saturated rings. The highest BCUT2D eigenvalue weighted by Crippen LogP contribution is 2.33. The molecule has 0 saturated heterocycles. The number of hydrogen-bond donors (Lipinski definition) is 0. The summed E-state index contributed by atoms with van der Waals surface area (Å²) in [7, 11) is 0. The van der Waals surface area contributed by atoms with Crippen LogP contribution in [0.15, 0.2) is 83.9 Å². The fraction of sp³-hybridized carbons (Fsp3) is 0.0800. The zero-order valence-corrected chi connectivity index (χ0v) is 17.5. The number of fused-ring (bicyclic) bond motifs is 3. The van der Waals surface area contributed by atoms with E-state index in [-0.39, 0.29) is 5.69 Å². The van der Waals surface area contributed by atoms with Crippen molar-refractivity contribution in [1.29, 1.82) is 0 Å². The van der Waals surface area contributed by atoms with Crippen LogP contribution in [0.4, 0.5) is 26.3 Å². The summed E-state index contributed by atoms with van der Waals surface area (Å²) >= 11 is 0. The zero-order valence-electron chi connectivity index (χ0n) is 17.5. The Morgan fingerprint density at radius 1 is 0.714 bits per heavy atom. The van der Waals surface area contributed by atoms with Gasteiger partial charge >= 0.3 is 12.4 Å². The van der Waals surface area contributed by atoms with Gasteiger partial charge in [0.15, 0.2) is 0 Å². The molecule has 0 amide bonds. The monoisotopic (exact) mass is 485 g/mol. The molecule has 5 rings (SSSR count). The molecule has 176 valence electrons. The van der Waals surface area contributed by atoms with Gasteiger partial charge in [0.2, 0.25) is 0 Å². The van der Waals surface area contributed by atoms with E-state index in [1.54, 1.807) is 18.2 Å². The number of nitrogens with zero attached hydrogens (tertiary/aromatic N) is 3. The maximum absolute atomic E-state index is 13.3. The van der Waals surface area contributed by atoms with Crippen molar-refractivity contribution in [3.05, 3.63) is 101 Å². The van der Waals surface area contributed by atoms with Crippen LogP contribution < -0.4 is 5.56 Å². The van der Waals surface area contributed by atoms with Crippen molar-refractivity contribution in [3.63, 3.8) is 0 Å². The fourth-order valence-electron chi connectivity index (χ4n) is 3.90. The van der Waals surface area contributed by atoms with Gasteiger partial charge in [0, 0.05) is 40.5 Å².